The quantitative estimate of drug-likeness (QED) is 0.843. The van der Waals surface area contributed by atoms with Gasteiger partial charge in [-0.25, -0.2) is 4.98 Å². The first-order valence-electron chi connectivity index (χ1n) is 6.14. The van der Waals surface area contributed by atoms with Gasteiger partial charge in [-0.05, 0) is 24.1 Å². The number of carbonyl (C=O) groups excluding carboxylic acids is 1. The third-order valence-electron chi connectivity index (χ3n) is 2.85. The van der Waals surface area contributed by atoms with Gasteiger partial charge in [0.15, 0.2) is 0 Å². The van der Waals surface area contributed by atoms with Crippen LogP contribution in [-0.2, 0) is 12.8 Å². The Balaban J connectivity index is 1.83. The molecule has 4 nitrogen and oxygen atoms in total. The van der Waals surface area contributed by atoms with Crippen molar-refractivity contribution in [2.75, 3.05) is 6.54 Å². The summed E-state index contributed by atoms with van der Waals surface area (Å²) in [4.78, 5) is 18.8. The lowest BCUT2D eigenvalue weighted by molar-refractivity contribution is 0.0954. The van der Waals surface area contributed by atoms with Gasteiger partial charge in [-0.2, -0.15) is 0 Å². The summed E-state index contributed by atoms with van der Waals surface area (Å²) in [6.45, 7) is 2.69. The van der Waals surface area contributed by atoms with Crippen molar-refractivity contribution in [2.24, 2.45) is 0 Å². The molecular formula is C14H17N3O. The molecule has 0 radical (unpaired) electrons. The molecule has 1 aromatic carbocycles. The number of benzene rings is 1. The zero-order valence-corrected chi connectivity index (χ0v) is 10.4. The molecule has 0 saturated heterocycles. The van der Waals surface area contributed by atoms with E-state index in [9.17, 15) is 4.79 Å². The zero-order valence-electron chi connectivity index (χ0n) is 10.4. The van der Waals surface area contributed by atoms with Crippen LogP contribution in [-0.4, -0.2) is 22.4 Å². The lowest BCUT2D eigenvalue weighted by Crippen LogP contribution is -2.25. The number of amides is 1. The van der Waals surface area contributed by atoms with Gasteiger partial charge in [0, 0.05) is 24.7 Å². The molecule has 1 heterocycles. The number of nitrogens with zero attached hydrogens (tertiary/aromatic N) is 1. The summed E-state index contributed by atoms with van der Waals surface area (Å²) < 4.78 is 0. The van der Waals surface area contributed by atoms with Crippen LogP contribution in [0.3, 0.4) is 0 Å². The Labute approximate surface area is 106 Å². The fraction of sp³-hybridized carbons (Fsp3) is 0.286. The highest BCUT2D eigenvalue weighted by molar-refractivity contribution is 5.94. The number of H-pyrrole nitrogens is 1. The predicted octanol–water partition coefficient (Wildman–Crippen LogP) is 1.94. The highest BCUT2D eigenvalue weighted by Gasteiger charge is 2.04. The third kappa shape index (κ3) is 3.20. The average Bonchev–Trinajstić information content (AvgIpc) is 2.92. The Kier molecular flexibility index (Phi) is 4.12. The van der Waals surface area contributed by atoms with Crippen molar-refractivity contribution in [3.05, 3.63) is 53.6 Å². The van der Waals surface area contributed by atoms with E-state index in [1.165, 1.54) is 5.56 Å². The van der Waals surface area contributed by atoms with Gasteiger partial charge in [0.05, 0.1) is 12.0 Å². The van der Waals surface area contributed by atoms with Gasteiger partial charge in [0.1, 0.15) is 0 Å². The van der Waals surface area contributed by atoms with Gasteiger partial charge < -0.3 is 10.3 Å². The van der Waals surface area contributed by atoms with Crippen LogP contribution in [0.4, 0.5) is 0 Å². The largest absolute Gasteiger partial charge is 0.352 e. The molecule has 0 unspecified atom stereocenters. The van der Waals surface area contributed by atoms with Crippen molar-refractivity contribution in [3.8, 4) is 0 Å². The molecule has 2 rings (SSSR count). The maximum atomic E-state index is 11.8. The topological polar surface area (TPSA) is 57.8 Å². The molecule has 4 heteroatoms. The molecule has 0 aliphatic carbocycles. The highest BCUT2D eigenvalue weighted by atomic mass is 16.1. The SMILES string of the molecule is CCc1ccc(C(=O)NCCc2c[nH]cn2)cc1. The van der Waals surface area contributed by atoms with E-state index in [0.29, 0.717) is 12.1 Å². The Morgan fingerprint density at radius 1 is 1.33 bits per heavy atom. The summed E-state index contributed by atoms with van der Waals surface area (Å²) in [5.41, 5.74) is 2.90. The van der Waals surface area contributed by atoms with Gasteiger partial charge in [0.25, 0.3) is 5.91 Å². The number of nitrogens with one attached hydrogen (secondary N) is 2. The standard InChI is InChI=1S/C14H17N3O/c1-2-11-3-5-12(6-4-11)14(18)16-8-7-13-9-15-10-17-13/h3-6,9-10H,2,7-8H2,1H3,(H,15,17)(H,16,18). The minimum Gasteiger partial charge on any atom is -0.352 e. The molecule has 1 aromatic heterocycles. The fourth-order valence-corrected chi connectivity index (χ4v) is 1.73. The number of aromatic amines is 1. The molecule has 94 valence electrons. The van der Waals surface area contributed by atoms with Crippen molar-refractivity contribution in [1.82, 2.24) is 15.3 Å². The first kappa shape index (κ1) is 12.4. The first-order valence-corrected chi connectivity index (χ1v) is 6.14. The van der Waals surface area contributed by atoms with E-state index in [4.69, 9.17) is 0 Å². The van der Waals surface area contributed by atoms with Crippen molar-refractivity contribution < 1.29 is 4.79 Å². The minimum atomic E-state index is -0.0341. The third-order valence-corrected chi connectivity index (χ3v) is 2.85. The van der Waals surface area contributed by atoms with E-state index >= 15 is 0 Å². The molecule has 18 heavy (non-hydrogen) atoms. The Morgan fingerprint density at radius 3 is 2.72 bits per heavy atom. The normalized spacial score (nSPS) is 10.3. The molecule has 0 aliphatic heterocycles. The average molecular weight is 243 g/mol. The maximum absolute atomic E-state index is 11.8. The van der Waals surface area contributed by atoms with E-state index in [-0.39, 0.29) is 5.91 Å². The molecule has 0 saturated carbocycles. The van der Waals surface area contributed by atoms with E-state index in [1.807, 2.05) is 30.5 Å². The summed E-state index contributed by atoms with van der Waals surface area (Å²) in [7, 11) is 0. The van der Waals surface area contributed by atoms with Crippen LogP contribution in [0.5, 0.6) is 0 Å². The molecule has 2 N–H and O–H groups in total. The smallest absolute Gasteiger partial charge is 0.251 e. The lowest BCUT2D eigenvalue weighted by Gasteiger charge is -2.04. The van der Waals surface area contributed by atoms with Gasteiger partial charge in [-0.15, -0.1) is 0 Å². The number of rotatable bonds is 5. The van der Waals surface area contributed by atoms with E-state index in [1.54, 1.807) is 6.33 Å². The zero-order chi connectivity index (χ0) is 12.8. The number of hydrogen-bond donors (Lipinski definition) is 2. The van der Waals surface area contributed by atoms with Crippen LogP contribution in [0.2, 0.25) is 0 Å². The first-order chi connectivity index (χ1) is 8.79. The summed E-state index contributed by atoms with van der Waals surface area (Å²) in [6.07, 6.45) is 5.20. The molecule has 0 atom stereocenters. The van der Waals surface area contributed by atoms with Crippen LogP contribution in [0, 0.1) is 0 Å². The fourth-order valence-electron chi connectivity index (χ4n) is 1.73. The van der Waals surface area contributed by atoms with Crippen molar-refractivity contribution in [2.45, 2.75) is 19.8 Å². The monoisotopic (exact) mass is 243 g/mol. The number of imidazole rings is 1. The summed E-state index contributed by atoms with van der Waals surface area (Å²) >= 11 is 0. The highest BCUT2D eigenvalue weighted by Crippen LogP contribution is 2.04. The molecule has 0 spiro atoms. The van der Waals surface area contributed by atoms with E-state index in [0.717, 1.165) is 18.5 Å². The van der Waals surface area contributed by atoms with Crippen LogP contribution >= 0.6 is 0 Å². The van der Waals surface area contributed by atoms with Crippen LogP contribution < -0.4 is 5.32 Å². The summed E-state index contributed by atoms with van der Waals surface area (Å²) in [5.74, 6) is -0.0341. The number of hydrogen-bond acceptors (Lipinski definition) is 2. The number of aromatic nitrogens is 2. The Morgan fingerprint density at radius 2 is 2.11 bits per heavy atom. The second kappa shape index (κ2) is 6.00. The second-order valence-electron chi connectivity index (χ2n) is 4.12. The Hall–Kier alpha value is -2.10. The van der Waals surface area contributed by atoms with Crippen LogP contribution in [0.25, 0.3) is 0 Å². The van der Waals surface area contributed by atoms with E-state index in [2.05, 4.69) is 22.2 Å². The molecule has 0 fully saturated rings. The lowest BCUT2D eigenvalue weighted by atomic mass is 10.1. The molecule has 1 amide bonds. The van der Waals surface area contributed by atoms with Gasteiger partial charge in [-0.3, -0.25) is 4.79 Å². The second-order valence-corrected chi connectivity index (χ2v) is 4.12. The summed E-state index contributed by atoms with van der Waals surface area (Å²) in [6, 6.07) is 7.71. The van der Waals surface area contributed by atoms with Crippen molar-refractivity contribution in [1.29, 1.82) is 0 Å². The Bertz CT molecular complexity index is 488. The number of carbonyl (C=O) groups is 1. The summed E-state index contributed by atoms with van der Waals surface area (Å²) in [5, 5.41) is 2.88. The van der Waals surface area contributed by atoms with Crippen molar-refractivity contribution >= 4 is 5.91 Å². The minimum absolute atomic E-state index is 0.0341. The van der Waals surface area contributed by atoms with Gasteiger partial charge >= 0.3 is 0 Å². The predicted molar refractivity (Wildman–Crippen MR) is 70.4 cm³/mol. The van der Waals surface area contributed by atoms with Gasteiger partial charge in [-0.1, -0.05) is 19.1 Å². The maximum Gasteiger partial charge on any atom is 0.251 e. The van der Waals surface area contributed by atoms with Crippen molar-refractivity contribution in [3.63, 3.8) is 0 Å². The van der Waals surface area contributed by atoms with Crippen LogP contribution in [0.1, 0.15) is 28.5 Å². The molecule has 0 bridgehead atoms. The molecule has 2 aromatic rings. The van der Waals surface area contributed by atoms with Gasteiger partial charge in [0.2, 0.25) is 0 Å². The van der Waals surface area contributed by atoms with E-state index < -0.39 is 0 Å². The van der Waals surface area contributed by atoms with Crippen LogP contribution in [0.15, 0.2) is 36.8 Å². The number of aryl methyl sites for hydroxylation is 1. The molecule has 0 aliphatic rings. The molecular weight excluding hydrogens is 226 g/mol.